The highest BCUT2D eigenvalue weighted by molar-refractivity contribution is 5.75. The molecule has 1 saturated heterocycles. The molecule has 1 aromatic rings. The third-order valence-corrected chi connectivity index (χ3v) is 3.19. The summed E-state index contributed by atoms with van der Waals surface area (Å²) in [5, 5.41) is 2.55. The molecule has 1 atom stereocenters. The highest BCUT2D eigenvalue weighted by Gasteiger charge is 2.34. The summed E-state index contributed by atoms with van der Waals surface area (Å²) in [6.45, 7) is 0.496. The summed E-state index contributed by atoms with van der Waals surface area (Å²) in [6, 6.07) is 1.79. The van der Waals surface area contributed by atoms with Gasteiger partial charge in [-0.25, -0.2) is 0 Å². The molecule has 0 radical (unpaired) electrons. The molecule has 1 aliphatic rings. The predicted octanol–water partition coefficient (Wildman–Crippen LogP) is 1.16. The van der Waals surface area contributed by atoms with E-state index in [-0.39, 0.29) is 6.10 Å². The van der Waals surface area contributed by atoms with Crippen molar-refractivity contribution in [3.8, 4) is 0 Å². The van der Waals surface area contributed by atoms with Crippen molar-refractivity contribution in [1.82, 2.24) is 9.88 Å². The Morgan fingerprint density at radius 3 is 2.86 bits per heavy atom. The first-order chi connectivity index (χ1) is 9.88. The molecule has 0 aliphatic carbocycles. The third-order valence-electron chi connectivity index (χ3n) is 3.19. The quantitative estimate of drug-likeness (QED) is 0.908. The Bertz CT molecular complexity index is 563. The fourth-order valence-corrected chi connectivity index (χ4v) is 2.12. The first-order valence-corrected chi connectivity index (χ1v) is 6.53. The van der Waals surface area contributed by atoms with Gasteiger partial charge in [-0.2, -0.15) is 13.2 Å². The largest absolute Gasteiger partial charge is 0.421 e. The Labute approximate surface area is 118 Å². The lowest BCUT2D eigenvalue weighted by Gasteiger charge is -2.12. The second-order valence-electron chi connectivity index (χ2n) is 4.79. The summed E-state index contributed by atoms with van der Waals surface area (Å²) in [5.74, 6) is -0.521. The van der Waals surface area contributed by atoms with Gasteiger partial charge in [-0.3, -0.25) is 9.59 Å². The van der Waals surface area contributed by atoms with Crippen molar-refractivity contribution in [3.05, 3.63) is 34.2 Å². The Kier molecular flexibility index (Phi) is 4.66. The zero-order chi connectivity index (χ0) is 15.5. The number of hydrogen-bond donors (Lipinski definition) is 1. The van der Waals surface area contributed by atoms with Gasteiger partial charge in [0.15, 0.2) is 0 Å². The number of nitrogens with one attached hydrogen (secondary N) is 1. The zero-order valence-electron chi connectivity index (χ0n) is 11.2. The van der Waals surface area contributed by atoms with Gasteiger partial charge in [0.1, 0.15) is 12.1 Å². The topological polar surface area (TPSA) is 60.3 Å². The van der Waals surface area contributed by atoms with Crippen LogP contribution in [0.15, 0.2) is 23.1 Å². The molecule has 0 saturated carbocycles. The van der Waals surface area contributed by atoms with Crippen molar-refractivity contribution >= 4 is 5.91 Å². The molecular formula is C13H15F3N2O3. The molecular weight excluding hydrogens is 289 g/mol. The number of rotatable bonds is 4. The number of hydrogen-bond acceptors (Lipinski definition) is 3. The van der Waals surface area contributed by atoms with E-state index in [1.807, 2.05) is 0 Å². The lowest BCUT2D eigenvalue weighted by atomic mass is 10.2. The van der Waals surface area contributed by atoms with E-state index < -0.39 is 29.8 Å². The van der Waals surface area contributed by atoms with Crippen molar-refractivity contribution in [2.75, 3.05) is 13.2 Å². The molecule has 0 spiro atoms. The third kappa shape index (κ3) is 4.07. The molecule has 5 nitrogen and oxygen atoms in total. The number of aromatic nitrogens is 1. The number of pyridine rings is 1. The van der Waals surface area contributed by atoms with Gasteiger partial charge in [0, 0.05) is 19.3 Å². The zero-order valence-corrected chi connectivity index (χ0v) is 11.2. The van der Waals surface area contributed by atoms with Crippen LogP contribution in [0.1, 0.15) is 18.4 Å². The summed E-state index contributed by atoms with van der Waals surface area (Å²) >= 11 is 0. The molecule has 1 N–H and O–H groups in total. The summed E-state index contributed by atoms with van der Waals surface area (Å²) in [4.78, 5) is 23.3. The average molecular weight is 304 g/mol. The van der Waals surface area contributed by atoms with E-state index in [1.165, 1.54) is 0 Å². The fraction of sp³-hybridized carbons (Fsp3) is 0.538. The minimum Gasteiger partial charge on any atom is -0.376 e. The van der Waals surface area contributed by atoms with Crippen LogP contribution in [0.4, 0.5) is 13.2 Å². The maximum absolute atomic E-state index is 12.6. The minimum atomic E-state index is -4.73. The van der Waals surface area contributed by atoms with Crippen LogP contribution in [0.5, 0.6) is 0 Å². The number of alkyl halides is 3. The van der Waals surface area contributed by atoms with Gasteiger partial charge in [0.25, 0.3) is 5.56 Å². The molecule has 1 unspecified atom stereocenters. The highest BCUT2D eigenvalue weighted by atomic mass is 19.4. The van der Waals surface area contributed by atoms with Crippen LogP contribution in [-0.4, -0.2) is 29.7 Å². The van der Waals surface area contributed by atoms with Crippen LogP contribution in [0.2, 0.25) is 0 Å². The standard InChI is InChI=1S/C13H15F3N2O3/c14-13(15,16)10-4-1-5-18(12(10)20)8-11(19)17-7-9-3-2-6-21-9/h1,4-5,9H,2-3,6-8H2,(H,17,19). The number of nitrogens with zero attached hydrogens (tertiary/aromatic N) is 1. The number of amides is 1. The SMILES string of the molecule is O=C(Cn1cccc(C(F)(F)F)c1=O)NCC1CCCO1. The summed E-state index contributed by atoms with van der Waals surface area (Å²) in [5.41, 5.74) is -2.51. The van der Waals surface area contributed by atoms with Crippen molar-refractivity contribution in [2.45, 2.75) is 31.7 Å². The van der Waals surface area contributed by atoms with Gasteiger partial charge >= 0.3 is 6.18 Å². The van der Waals surface area contributed by atoms with E-state index >= 15 is 0 Å². The average Bonchev–Trinajstić information content (AvgIpc) is 2.90. The molecule has 2 heterocycles. The number of carbonyl (C=O) groups is 1. The number of carbonyl (C=O) groups excluding carboxylic acids is 1. The monoisotopic (exact) mass is 304 g/mol. The molecule has 21 heavy (non-hydrogen) atoms. The van der Waals surface area contributed by atoms with Crippen molar-refractivity contribution < 1.29 is 22.7 Å². The Hall–Kier alpha value is -1.83. The Morgan fingerprint density at radius 2 is 2.24 bits per heavy atom. The summed E-state index contributed by atoms with van der Waals surface area (Å²) < 4.78 is 43.8. The molecule has 1 fully saturated rings. The molecule has 116 valence electrons. The fourth-order valence-electron chi connectivity index (χ4n) is 2.12. The van der Waals surface area contributed by atoms with Crippen LogP contribution in [0.25, 0.3) is 0 Å². The molecule has 2 rings (SSSR count). The highest BCUT2D eigenvalue weighted by Crippen LogP contribution is 2.25. The predicted molar refractivity (Wildman–Crippen MR) is 67.7 cm³/mol. The number of ether oxygens (including phenoxy) is 1. The van der Waals surface area contributed by atoms with Gasteiger partial charge < -0.3 is 14.6 Å². The molecule has 1 aliphatic heterocycles. The number of halogens is 3. The van der Waals surface area contributed by atoms with Crippen LogP contribution in [0.3, 0.4) is 0 Å². The van der Waals surface area contributed by atoms with Crippen molar-refractivity contribution in [1.29, 1.82) is 0 Å². The lowest BCUT2D eigenvalue weighted by Crippen LogP contribution is -2.37. The first-order valence-electron chi connectivity index (χ1n) is 6.53. The molecule has 1 amide bonds. The minimum absolute atomic E-state index is 0.0628. The van der Waals surface area contributed by atoms with Crippen molar-refractivity contribution in [3.63, 3.8) is 0 Å². The Balaban J connectivity index is 1.99. The van der Waals surface area contributed by atoms with Crippen LogP contribution < -0.4 is 10.9 Å². The van der Waals surface area contributed by atoms with E-state index in [0.717, 1.165) is 29.7 Å². The van der Waals surface area contributed by atoms with E-state index in [1.54, 1.807) is 0 Å². The molecule has 1 aromatic heterocycles. The van der Waals surface area contributed by atoms with Crippen LogP contribution in [-0.2, 0) is 22.3 Å². The van der Waals surface area contributed by atoms with Crippen LogP contribution >= 0.6 is 0 Å². The maximum Gasteiger partial charge on any atom is 0.421 e. The van der Waals surface area contributed by atoms with Crippen LogP contribution in [0, 0.1) is 0 Å². The summed E-state index contributed by atoms with van der Waals surface area (Å²) in [7, 11) is 0. The van der Waals surface area contributed by atoms with Gasteiger partial charge in [-0.1, -0.05) is 0 Å². The van der Waals surface area contributed by atoms with E-state index in [0.29, 0.717) is 19.2 Å². The van der Waals surface area contributed by atoms with Gasteiger partial charge in [-0.15, -0.1) is 0 Å². The smallest absolute Gasteiger partial charge is 0.376 e. The van der Waals surface area contributed by atoms with E-state index in [9.17, 15) is 22.8 Å². The normalized spacial score (nSPS) is 18.7. The van der Waals surface area contributed by atoms with E-state index in [4.69, 9.17) is 4.74 Å². The molecule has 8 heteroatoms. The first kappa shape index (κ1) is 15.6. The second-order valence-corrected chi connectivity index (χ2v) is 4.79. The van der Waals surface area contributed by atoms with Crippen molar-refractivity contribution in [2.24, 2.45) is 0 Å². The van der Waals surface area contributed by atoms with Gasteiger partial charge in [-0.05, 0) is 25.0 Å². The molecule has 0 aromatic carbocycles. The molecule has 0 bridgehead atoms. The lowest BCUT2D eigenvalue weighted by molar-refractivity contribution is -0.139. The van der Waals surface area contributed by atoms with E-state index in [2.05, 4.69) is 5.32 Å². The van der Waals surface area contributed by atoms with Gasteiger partial charge in [0.2, 0.25) is 5.91 Å². The maximum atomic E-state index is 12.6. The second kappa shape index (κ2) is 6.30. The summed E-state index contributed by atoms with van der Waals surface area (Å²) in [6.07, 6.45) is -1.87. The Morgan fingerprint density at radius 1 is 1.48 bits per heavy atom. The van der Waals surface area contributed by atoms with Gasteiger partial charge in [0.05, 0.1) is 6.10 Å².